The Morgan fingerprint density at radius 3 is 2.95 bits per heavy atom. The first-order valence-corrected chi connectivity index (χ1v) is 7.53. The molecule has 2 unspecified atom stereocenters. The maximum Gasteiger partial charge on any atom is 0.0658 e. The third kappa shape index (κ3) is 3.58. The molecule has 1 aliphatic rings. The van der Waals surface area contributed by atoms with Crippen LogP contribution in [0.5, 0.6) is 0 Å². The van der Waals surface area contributed by atoms with Crippen molar-refractivity contribution in [2.45, 2.75) is 38.4 Å². The molecule has 1 fully saturated rings. The van der Waals surface area contributed by atoms with Crippen LogP contribution in [-0.2, 0) is 6.54 Å². The molecule has 2 heterocycles. The highest BCUT2D eigenvalue weighted by atomic mass is 15.3. The summed E-state index contributed by atoms with van der Waals surface area (Å²) in [4.78, 5) is 4.79. The first-order chi connectivity index (χ1) is 9.65. The quantitative estimate of drug-likeness (QED) is 0.605. The van der Waals surface area contributed by atoms with Crippen LogP contribution in [0, 0.1) is 0 Å². The van der Waals surface area contributed by atoms with Crippen molar-refractivity contribution in [2.75, 3.05) is 33.7 Å². The molecule has 3 N–H and O–H groups in total. The Hall–Kier alpha value is -0.950. The standard InChI is InChI=1S/C14H28N6/c1-4-6-20-10-12(9-16-20)14(17-15)13-11-18(2)7-5-8-19(13)3/h9-10,13-14,17H,4-8,11,15H2,1-3H3. The number of aromatic nitrogens is 2. The molecule has 6 nitrogen and oxygen atoms in total. The lowest BCUT2D eigenvalue weighted by molar-refractivity contribution is 0.178. The van der Waals surface area contributed by atoms with Gasteiger partial charge in [0.25, 0.3) is 0 Å². The van der Waals surface area contributed by atoms with Gasteiger partial charge in [-0.3, -0.25) is 16.0 Å². The van der Waals surface area contributed by atoms with Crippen molar-refractivity contribution in [1.29, 1.82) is 0 Å². The number of nitrogens with one attached hydrogen (secondary N) is 1. The predicted molar refractivity (Wildman–Crippen MR) is 81.1 cm³/mol. The number of hydrogen-bond acceptors (Lipinski definition) is 5. The smallest absolute Gasteiger partial charge is 0.0658 e. The summed E-state index contributed by atoms with van der Waals surface area (Å²) in [7, 11) is 4.37. The average Bonchev–Trinajstić information content (AvgIpc) is 2.80. The number of rotatable bonds is 5. The van der Waals surface area contributed by atoms with E-state index in [0.717, 1.165) is 32.6 Å². The summed E-state index contributed by atoms with van der Waals surface area (Å²) in [6.07, 6.45) is 6.36. The van der Waals surface area contributed by atoms with Gasteiger partial charge in [-0.1, -0.05) is 6.92 Å². The normalized spacial score (nSPS) is 23.7. The first kappa shape index (κ1) is 15.4. The van der Waals surface area contributed by atoms with E-state index in [4.69, 9.17) is 5.84 Å². The molecule has 2 atom stereocenters. The summed E-state index contributed by atoms with van der Waals surface area (Å²) in [6.45, 7) is 6.39. The largest absolute Gasteiger partial charge is 0.305 e. The molecule has 0 saturated carbocycles. The van der Waals surface area contributed by atoms with Crippen molar-refractivity contribution in [2.24, 2.45) is 5.84 Å². The zero-order valence-corrected chi connectivity index (χ0v) is 12.9. The molecule has 1 saturated heterocycles. The summed E-state index contributed by atoms with van der Waals surface area (Å²) in [5.74, 6) is 5.85. The van der Waals surface area contributed by atoms with Crippen LogP contribution in [0.15, 0.2) is 12.4 Å². The molecule has 0 aromatic carbocycles. The van der Waals surface area contributed by atoms with Gasteiger partial charge in [0.15, 0.2) is 0 Å². The number of hydrazine groups is 1. The minimum Gasteiger partial charge on any atom is -0.305 e. The van der Waals surface area contributed by atoms with Crippen molar-refractivity contribution in [3.8, 4) is 0 Å². The van der Waals surface area contributed by atoms with Crippen LogP contribution in [0.4, 0.5) is 0 Å². The number of aryl methyl sites for hydroxylation is 1. The van der Waals surface area contributed by atoms with Gasteiger partial charge < -0.3 is 9.80 Å². The van der Waals surface area contributed by atoms with E-state index in [0.29, 0.717) is 6.04 Å². The van der Waals surface area contributed by atoms with E-state index in [9.17, 15) is 0 Å². The maximum absolute atomic E-state index is 5.85. The van der Waals surface area contributed by atoms with Gasteiger partial charge >= 0.3 is 0 Å². The summed E-state index contributed by atoms with van der Waals surface area (Å²) in [5.41, 5.74) is 4.17. The summed E-state index contributed by atoms with van der Waals surface area (Å²) < 4.78 is 2.00. The first-order valence-electron chi connectivity index (χ1n) is 7.53. The second kappa shape index (κ2) is 7.17. The minimum absolute atomic E-state index is 0.117. The van der Waals surface area contributed by atoms with Crippen LogP contribution in [0.25, 0.3) is 0 Å². The van der Waals surface area contributed by atoms with Gasteiger partial charge in [-0.25, -0.2) is 0 Å². The third-order valence-electron chi connectivity index (χ3n) is 4.14. The van der Waals surface area contributed by atoms with Gasteiger partial charge in [0.1, 0.15) is 0 Å². The Labute approximate surface area is 121 Å². The van der Waals surface area contributed by atoms with Gasteiger partial charge in [-0.2, -0.15) is 5.10 Å². The maximum atomic E-state index is 5.85. The Morgan fingerprint density at radius 2 is 2.25 bits per heavy atom. The fourth-order valence-electron chi connectivity index (χ4n) is 2.99. The summed E-state index contributed by atoms with van der Waals surface area (Å²) in [6, 6.07) is 0.484. The Bertz CT molecular complexity index is 404. The predicted octanol–water partition coefficient (Wildman–Crippen LogP) is 0.433. The third-order valence-corrected chi connectivity index (χ3v) is 4.14. The SMILES string of the molecule is CCCn1cc(C(NN)C2CN(C)CCCN2C)cn1. The lowest BCUT2D eigenvalue weighted by atomic mass is 10.0. The molecule has 6 heteroatoms. The van der Waals surface area contributed by atoms with Crippen LogP contribution in [0.3, 0.4) is 0 Å². The number of likely N-dealkylation sites (N-methyl/N-ethyl adjacent to an activating group) is 2. The molecule has 20 heavy (non-hydrogen) atoms. The summed E-state index contributed by atoms with van der Waals surface area (Å²) >= 11 is 0. The van der Waals surface area contributed by atoms with E-state index in [2.05, 4.69) is 47.5 Å². The molecule has 0 spiro atoms. The average molecular weight is 280 g/mol. The highest BCUT2D eigenvalue weighted by Crippen LogP contribution is 2.22. The van der Waals surface area contributed by atoms with Gasteiger partial charge in [0.2, 0.25) is 0 Å². The molecule has 0 bridgehead atoms. The van der Waals surface area contributed by atoms with Crippen molar-refractivity contribution in [1.82, 2.24) is 25.0 Å². The van der Waals surface area contributed by atoms with Crippen LogP contribution >= 0.6 is 0 Å². The molecule has 114 valence electrons. The van der Waals surface area contributed by atoms with E-state index in [1.165, 1.54) is 12.0 Å². The van der Waals surface area contributed by atoms with Crippen molar-refractivity contribution in [3.05, 3.63) is 18.0 Å². The molecule has 0 amide bonds. The van der Waals surface area contributed by atoms with Crippen LogP contribution in [0.2, 0.25) is 0 Å². The minimum atomic E-state index is 0.117. The fourth-order valence-corrected chi connectivity index (χ4v) is 2.99. The van der Waals surface area contributed by atoms with Crippen molar-refractivity contribution >= 4 is 0 Å². The van der Waals surface area contributed by atoms with E-state index in [-0.39, 0.29) is 6.04 Å². The zero-order valence-electron chi connectivity index (χ0n) is 12.9. The number of hydrogen-bond donors (Lipinski definition) is 2. The second-order valence-electron chi connectivity index (χ2n) is 5.84. The highest BCUT2D eigenvalue weighted by Gasteiger charge is 2.29. The van der Waals surface area contributed by atoms with E-state index in [1.807, 2.05) is 10.9 Å². The zero-order chi connectivity index (χ0) is 14.5. The van der Waals surface area contributed by atoms with Gasteiger partial charge in [0.05, 0.1) is 12.2 Å². The topological polar surface area (TPSA) is 62.4 Å². The van der Waals surface area contributed by atoms with Gasteiger partial charge in [-0.15, -0.1) is 0 Å². The molecule has 1 aromatic rings. The van der Waals surface area contributed by atoms with Crippen LogP contribution in [-0.4, -0.2) is 59.4 Å². The lowest BCUT2D eigenvalue weighted by Crippen LogP contribution is -2.48. The van der Waals surface area contributed by atoms with Crippen LogP contribution < -0.4 is 11.3 Å². The lowest BCUT2D eigenvalue weighted by Gasteiger charge is -2.33. The number of nitrogens with zero attached hydrogens (tertiary/aromatic N) is 4. The molecule has 1 aromatic heterocycles. The Balaban J connectivity index is 2.15. The van der Waals surface area contributed by atoms with Crippen molar-refractivity contribution < 1.29 is 0 Å². The monoisotopic (exact) mass is 280 g/mol. The molecule has 1 aliphatic heterocycles. The summed E-state index contributed by atoms with van der Waals surface area (Å²) in [5, 5.41) is 4.43. The molecule has 0 aliphatic carbocycles. The van der Waals surface area contributed by atoms with Crippen LogP contribution in [0.1, 0.15) is 31.4 Å². The molecular formula is C14H28N6. The highest BCUT2D eigenvalue weighted by molar-refractivity contribution is 5.14. The van der Waals surface area contributed by atoms with Gasteiger partial charge in [0, 0.05) is 30.9 Å². The Morgan fingerprint density at radius 1 is 1.45 bits per heavy atom. The van der Waals surface area contributed by atoms with Crippen molar-refractivity contribution in [3.63, 3.8) is 0 Å². The van der Waals surface area contributed by atoms with E-state index in [1.54, 1.807) is 0 Å². The van der Waals surface area contributed by atoms with Gasteiger partial charge in [-0.05, 0) is 40.0 Å². The van der Waals surface area contributed by atoms with E-state index < -0.39 is 0 Å². The molecular weight excluding hydrogens is 252 g/mol. The fraction of sp³-hybridized carbons (Fsp3) is 0.786. The second-order valence-corrected chi connectivity index (χ2v) is 5.84. The Kier molecular flexibility index (Phi) is 5.54. The number of nitrogens with two attached hydrogens (primary N) is 1. The molecule has 0 radical (unpaired) electrons. The van der Waals surface area contributed by atoms with E-state index >= 15 is 0 Å². The molecule has 2 rings (SSSR count).